The van der Waals surface area contributed by atoms with E-state index in [0.717, 1.165) is 19.3 Å². The van der Waals surface area contributed by atoms with Crippen LogP contribution in [0.5, 0.6) is 0 Å². The van der Waals surface area contributed by atoms with Crippen molar-refractivity contribution in [3.8, 4) is 0 Å². The molecule has 1 aromatic rings. The molecule has 18 heavy (non-hydrogen) atoms. The molecule has 3 N–H and O–H groups in total. The fourth-order valence-corrected chi connectivity index (χ4v) is 2.24. The summed E-state index contributed by atoms with van der Waals surface area (Å²) in [4.78, 5) is 12.3. The lowest BCUT2D eigenvalue weighted by Gasteiger charge is -2.32. The largest absolute Gasteiger partial charge is 0.399 e. The maximum atomic E-state index is 12.3. The molecule has 1 rings (SSSR count). The first-order chi connectivity index (χ1) is 8.48. The number of hydrogen-bond donors (Lipinski definition) is 2. The summed E-state index contributed by atoms with van der Waals surface area (Å²) >= 11 is 6.03. The van der Waals surface area contributed by atoms with Crippen molar-refractivity contribution in [3.05, 3.63) is 28.8 Å². The van der Waals surface area contributed by atoms with E-state index < -0.39 is 0 Å². The molecule has 3 nitrogen and oxygen atoms in total. The second kappa shape index (κ2) is 6.10. The lowest BCUT2D eigenvalue weighted by molar-refractivity contribution is 0.0888. The van der Waals surface area contributed by atoms with Gasteiger partial charge in [0, 0.05) is 11.2 Å². The molecule has 0 bridgehead atoms. The maximum absolute atomic E-state index is 12.3. The van der Waals surface area contributed by atoms with Crippen LogP contribution in [0.2, 0.25) is 5.02 Å². The van der Waals surface area contributed by atoms with Gasteiger partial charge in [-0.2, -0.15) is 0 Å². The molecule has 0 saturated heterocycles. The van der Waals surface area contributed by atoms with E-state index in [4.69, 9.17) is 17.3 Å². The van der Waals surface area contributed by atoms with Crippen molar-refractivity contribution in [1.29, 1.82) is 0 Å². The predicted molar refractivity (Wildman–Crippen MR) is 76.9 cm³/mol. The molecule has 0 aliphatic heterocycles. The van der Waals surface area contributed by atoms with Gasteiger partial charge in [-0.05, 0) is 37.5 Å². The van der Waals surface area contributed by atoms with Crippen molar-refractivity contribution in [2.24, 2.45) is 0 Å². The van der Waals surface area contributed by atoms with Gasteiger partial charge in [0.25, 0.3) is 5.91 Å². The van der Waals surface area contributed by atoms with Gasteiger partial charge in [-0.15, -0.1) is 0 Å². The Balaban J connectivity index is 2.97. The Labute approximate surface area is 114 Å². The number of amides is 1. The topological polar surface area (TPSA) is 55.1 Å². The molecule has 0 fully saturated rings. The van der Waals surface area contributed by atoms with Crippen molar-refractivity contribution < 1.29 is 4.79 Å². The summed E-state index contributed by atoms with van der Waals surface area (Å²) in [6.07, 6.45) is 2.68. The summed E-state index contributed by atoms with van der Waals surface area (Å²) < 4.78 is 0. The van der Waals surface area contributed by atoms with E-state index >= 15 is 0 Å². The van der Waals surface area contributed by atoms with Crippen LogP contribution in [0.15, 0.2) is 18.2 Å². The molecule has 0 aliphatic rings. The molecule has 0 aliphatic carbocycles. The van der Waals surface area contributed by atoms with Crippen molar-refractivity contribution in [2.75, 3.05) is 5.73 Å². The van der Waals surface area contributed by atoms with Gasteiger partial charge in [0.1, 0.15) is 0 Å². The lowest BCUT2D eigenvalue weighted by Crippen LogP contribution is -2.47. The molecule has 0 aromatic heterocycles. The highest BCUT2D eigenvalue weighted by Gasteiger charge is 2.27. The fourth-order valence-electron chi connectivity index (χ4n) is 2.04. The van der Waals surface area contributed by atoms with Crippen molar-refractivity contribution in [3.63, 3.8) is 0 Å². The molecule has 0 spiro atoms. The van der Waals surface area contributed by atoms with Crippen LogP contribution in [-0.2, 0) is 0 Å². The Hall–Kier alpha value is -1.22. The Kier molecular flexibility index (Phi) is 5.03. The van der Waals surface area contributed by atoms with E-state index in [-0.39, 0.29) is 11.4 Å². The van der Waals surface area contributed by atoms with Crippen molar-refractivity contribution in [2.45, 2.75) is 45.6 Å². The highest BCUT2D eigenvalue weighted by molar-refractivity contribution is 6.34. The van der Waals surface area contributed by atoms with E-state index in [2.05, 4.69) is 26.1 Å². The zero-order valence-corrected chi connectivity index (χ0v) is 12.0. The minimum atomic E-state index is -0.162. The molecule has 0 atom stereocenters. The molecule has 0 heterocycles. The van der Waals surface area contributed by atoms with Gasteiger partial charge in [0.2, 0.25) is 0 Å². The summed E-state index contributed by atoms with van der Waals surface area (Å²) in [5, 5.41) is 3.51. The predicted octanol–water partition coefficient (Wildman–Crippen LogP) is 3.62. The number of nitrogen functional groups attached to an aromatic ring is 1. The normalized spacial score (nSPS) is 11.3. The van der Waals surface area contributed by atoms with E-state index in [9.17, 15) is 4.79 Å². The minimum absolute atomic E-state index is 0.155. The molecule has 1 aromatic carbocycles. The van der Waals surface area contributed by atoms with Crippen LogP contribution in [0.25, 0.3) is 0 Å². The van der Waals surface area contributed by atoms with E-state index in [1.54, 1.807) is 18.2 Å². The fraction of sp³-hybridized carbons (Fsp3) is 0.500. The molecule has 0 saturated carbocycles. The van der Waals surface area contributed by atoms with E-state index in [0.29, 0.717) is 16.3 Å². The molecular weight excluding hydrogens is 248 g/mol. The Morgan fingerprint density at radius 1 is 1.28 bits per heavy atom. The molecule has 100 valence electrons. The third-order valence-corrected chi connectivity index (χ3v) is 3.97. The van der Waals surface area contributed by atoms with Gasteiger partial charge < -0.3 is 11.1 Å². The molecule has 1 amide bonds. The van der Waals surface area contributed by atoms with Crippen molar-refractivity contribution in [1.82, 2.24) is 5.32 Å². The summed E-state index contributed by atoms with van der Waals surface area (Å²) in [7, 11) is 0. The average molecular weight is 269 g/mol. The Bertz CT molecular complexity index is 420. The van der Waals surface area contributed by atoms with Crippen LogP contribution in [0.3, 0.4) is 0 Å². The number of carbonyl (C=O) groups is 1. The van der Waals surface area contributed by atoms with Gasteiger partial charge in [-0.3, -0.25) is 4.79 Å². The highest BCUT2D eigenvalue weighted by atomic mass is 35.5. The number of benzene rings is 1. The van der Waals surface area contributed by atoms with Crippen LogP contribution >= 0.6 is 11.6 Å². The van der Waals surface area contributed by atoms with Crippen molar-refractivity contribution >= 4 is 23.2 Å². The van der Waals surface area contributed by atoms with E-state index in [1.807, 2.05) is 0 Å². The highest BCUT2D eigenvalue weighted by Crippen LogP contribution is 2.23. The standard InChI is InChI=1S/C14H21ClN2O/c1-4-14(5-2,6-3)17-13(18)11-9-10(16)7-8-12(11)15/h7-9H,4-6,16H2,1-3H3,(H,17,18). The number of hydrogen-bond acceptors (Lipinski definition) is 2. The second-order valence-corrected chi connectivity index (χ2v) is 4.94. The van der Waals surface area contributed by atoms with Gasteiger partial charge in [0.15, 0.2) is 0 Å². The summed E-state index contributed by atoms with van der Waals surface area (Å²) in [5.74, 6) is -0.155. The molecule has 4 heteroatoms. The quantitative estimate of drug-likeness (QED) is 0.802. The number of anilines is 1. The molecule has 0 radical (unpaired) electrons. The van der Waals surface area contributed by atoms with Crippen LogP contribution in [-0.4, -0.2) is 11.4 Å². The Morgan fingerprint density at radius 2 is 1.83 bits per heavy atom. The summed E-state index contributed by atoms with van der Waals surface area (Å²) in [6.45, 7) is 6.23. The first-order valence-electron chi connectivity index (χ1n) is 6.35. The van der Waals surface area contributed by atoms with Crippen LogP contribution in [0.1, 0.15) is 50.4 Å². The molecule has 0 unspecified atom stereocenters. The monoisotopic (exact) mass is 268 g/mol. The lowest BCUT2D eigenvalue weighted by atomic mass is 9.89. The van der Waals surface area contributed by atoms with E-state index in [1.165, 1.54) is 0 Å². The van der Waals surface area contributed by atoms with Crippen LogP contribution in [0.4, 0.5) is 5.69 Å². The van der Waals surface area contributed by atoms with Gasteiger partial charge in [0.05, 0.1) is 10.6 Å². The number of nitrogens with one attached hydrogen (secondary N) is 1. The number of nitrogens with two attached hydrogens (primary N) is 1. The average Bonchev–Trinajstić information content (AvgIpc) is 2.38. The first-order valence-corrected chi connectivity index (χ1v) is 6.73. The smallest absolute Gasteiger partial charge is 0.253 e. The zero-order valence-electron chi connectivity index (χ0n) is 11.2. The Morgan fingerprint density at radius 3 is 2.33 bits per heavy atom. The number of carbonyl (C=O) groups excluding carboxylic acids is 1. The number of halogens is 1. The van der Waals surface area contributed by atoms with Crippen LogP contribution < -0.4 is 11.1 Å². The molecular formula is C14H21ClN2O. The first kappa shape index (κ1) is 14.8. The number of rotatable bonds is 5. The minimum Gasteiger partial charge on any atom is -0.399 e. The SMILES string of the molecule is CCC(CC)(CC)NC(=O)c1cc(N)ccc1Cl. The summed E-state index contributed by atoms with van der Waals surface area (Å²) in [5.41, 5.74) is 6.51. The van der Waals surface area contributed by atoms with Crippen LogP contribution in [0, 0.1) is 0 Å². The third kappa shape index (κ3) is 3.16. The third-order valence-electron chi connectivity index (χ3n) is 3.64. The van der Waals surface area contributed by atoms with Gasteiger partial charge in [-0.1, -0.05) is 32.4 Å². The second-order valence-electron chi connectivity index (χ2n) is 4.53. The zero-order chi connectivity index (χ0) is 13.8. The van der Waals surface area contributed by atoms with Gasteiger partial charge in [-0.25, -0.2) is 0 Å². The van der Waals surface area contributed by atoms with Gasteiger partial charge >= 0.3 is 0 Å². The summed E-state index contributed by atoms with van der Waals surface area (Å²) in [6, 6.07) is 4.95. The maximum Gasteiger partial charge on any atom is 0.253 e.